The zero-order valence-corrected chi connectivity index (χ0v) is 18.3. The van der Waals surface area contributed by atoms with Crippen molar-refractivity contribution in [3.63, 3.8) is 0 Å². The lowest BCUT2D eigenvalue weighted by Crippen LogP contribution is -2.38. The Labute approximate surface area is 181 Å². The van der Waals surface area contributed by atoms with Crippen molar-refractivity contribution >= 4 is 59.9 Å². The van der Waals surface area contributed by atoms with E-state index in [4.69, 9.17) is 4.74 Å². The first-order chi connectivity index (χ1) is 14.2. The molecule has 4 aromatic rings. The third-order valence-corrected chi connectivity index (χ3v) is 6.39. The molecule has 0 radical (unpaired) electrons. The first-order valence-electron chi connectivity index (χ1n) is 9.55. The highest BCUT2D eigenvalue weighted by Crippen LogP contribution is 2.36. The number of thiazole rings is 1. The molecule has 8 heteroatoms. The average Bonchev–Trinajstić information content (AvgIpc) is 3.15. The molecular formula is C21H20BrN5OS. The molecule has 2 aromatic heterocycles. The monoisotopic (exact) mass is 469 g/mol. The van der Waals surface area contributed by atoms with Crippen molar-refractivity contribution in [1.82, 2.24) is 19.9 Å². The molecule has 0 bridgehead atoms. The van der Waals surface area contributed by atoms with Crippen LogP contribution in [-0.2, 0) is 0 Å². The minimum Gasteiger partial charge on any atom is -0.488 e. The smallest absolute Gasteiger partial charge is 0.145 e. The van der Waals surface area contributed by atoms with Crippen molar-refractivity contribution in [2.24, 2.45) is 0 Å². The van der Waals surface area contributed by atoms with Gasteiger partial charge >= 0.3 is 0 Å². The van der Waals surface area contributed by atoms with Crippen LogP contribution in [0.5, 0.6) is 5.75 Å². The number of nitrogens with zero attached hydrogens (tertiary/aromatic N) is 4. The lowest BCUT2D eigenvalue weighted by molar-refractivity contribution is 0.105. The molecule has 0 spiro atoms. The molecule has 3 heterocycles. The Kier molecular flexibility index (Phi) is 5.07. The number of hydrogen-bond donors (Lipinski definition) is 1. The van der Waals surface area contributed by atoms with Gasteiger partial charge in [-0.15, -0.1) is 11.3 Å². The molecule has 29 heavy (non-hydrogen) atoms. The number of fused-ring (bicyclic) bond motifs is 2. The number of piperidine rings is 1. The van der Waals surface area contributed by atoms with Crippen LogP contribution in [0.4, 0.5) is 11.5 Å². The topological polar surface area (TPSA) is 63.2 Å². The van der Waals surface area contributed by atoms with Crippen molar-refractivity contribution in [2.75, 3.05) is 25.5 Å². The predicted octanol–water partition coefficient (Wildman–Crippen LogP) is 5.22. The third kappa shape index (κ3) is 3.92. The molecule has 0 saturated carbocycles. The Hall–Kier alpha value is -2.29. The number of benzene rings is 2. The maximum absolute atomic E-state index is 6.46. The molecule has 1 N–H and O–H groups in total. The highest BCUT2D eigenvalue weighted by molar-refractivity contribution is 9.10. The Bertz CT molecular complexity index is 1180. The number of rotatable bonds is 4. The van der Waals surface area contributed by atoms with E-state index in [0.29, 0.717) is 0 Å². The summed E-state index contributed by atoms with van der Waals surface area (Å²) in [4.78, 5) is 15.7. The molecule has 0 unspecified atom stereocenters. The van der Waals surface area contributed by atoms with Gasteiger partial charge in [0, 0.05) is 16.7 Å². The standard InChI is InChI=1S/C21H20BrN5OS/c1-27-6-2-3-15(10-27)28-18-8-13(22)7-17-20(18)21(24-11-23-17)26-14-4-5-16-19(9-14)29-12-25-16/h4-5,7-9,11-12,15H,2-3,6,10H2,1H3,(H,23,24,26)/t15-/m0/s1. The Morgan fingerprint density at radius 2 is 2.10 bits per heavy atom. The number of anilines is 2. The first-order valence-corrected chi connectivity index (χ1v) is 11.2. The van der Waals surface area contributed by atoms with Crippen molar-refractivity contribution < 1.29 is 4.74 Å². The van der Waals surface area contributed by atoms with E-state index in [1.807, 2.05) is 29.8 Å². The molecule has 5 rings (SSSR count). The highest BCUT2D eigenvalue weighted by Gasteiger charge is 2.21. The molecule has 1 saturated heterocycles. The summed E-state index contributed by atoms with van der Waals surface area (Å²) in [5.41, 5.74) is 4.67. The lowest BCUT2D eigenvalue weighted by atomic mass is 10.1. The number of nitrogens with one attached hydrogen (secondary N) is 1. The van der Waals surface area contributed by atoms with Crippen molar-refractivity contribution in [2.45, 2.75) is 18.9 Å². The van der Waals surface area contributed by atoms with Gasteiger partial charge in [0.2, 0.25) is 0 Å². The van der Waals surface area contributed by atoms with Gasteiger partial charge in [0.25, 0.3) is 0 Å². The molecule has 0 amide bonds. The van der Waals surface area contributed by atoms with Gasteiger partial charge in [-0.25, -0.2) is 15.0 Å². The van der Waals surface area contributed by atoms with Crippen LogP contribution in [0.1, 0.15) is 12.8 Å². The van der Waals surface area contributed by atoms with Crippen LogP contribution in [0.25, 0.3) is 21.1 Å². The second-order valence-electron chi connectivity index (χ2n) is 7.32. The van der Waals surface area contributed by atoms with Crippen LogP contribution in [-0.4, -0.2) is 46.1 Å². The second-order valence-corrected chi connectivity index (χ2v) is 9.13. The summed E-state index contributed by atoms with van der Waals surface area (Å²) in [7, 11) is 2.14. The number of likely N-dealkylation sites (tertiary alicyclic amines) is 1. The fourth-order valence-corrected chi connectivity index (χ4v) is 4.91. The van der Waals surface area contributed by atoms with Crippen molar-refractivity contribution in [3.8, 4) is 5.75 Å². The number of likely N-dealkylation sites (N-methyl/N-ethyl adjacent to an activating group) is 1. The summed E-state index contributed by atoms with van der Waals surface area (Å²) in [6.07, 6.45) is 3.94. The van der Waals surface area contributed by atoms with Crippen LogP contribution in [0.3, 0.4) is 0 Å². The summed E-state index contributed by atoms with van der Waals surface area (Å²) >= 11 is 5.22. The average molecular weight is 470 g/mol. The van der Waals surface area contributed by atoms with Gasteiger partial charge in [0.15, 0.2) is 0 Å². The zero-order valence-electron chi connectivity index (χ0n) is 15.9. The number of hydrogen-bond acceptors (Lipinski definition) is 7. The number of ether oxygens (including phenoxy) is 1. The Balaban J connectivity index is 1.54. The molecular weight excluding hydrogens is 450 g/mol. The minimum atomic E-state index is 0.160. The normalized spacial score (nSPS) is 17.7. The Morgan fingerprint density at radius 3 is 3.00 bits per heavy atom. The maximum Gasteiger partial charge on any atom is 0.145 e. The highest BCUT2D eigenvalue weighted by atomic mass is 79.9. The van der Waals surface area contributed by atoms with Crippen LogP contribution in [0.15, 0.2) is 46.6 Å². The van der Waals surface area contributed by atoms with Gasteiger partial charge in [-0.3, -0.25) is 0 Å². The van der Waals surface area contributed by atoms with Crippen molar-refractivity contribution in [3.05, 3.63) is 46.6 Å². The Morgan fingerprint density at radius 1 is 1.17 bits per heavy atom. The van der Waals surface area contributed by atoms with E-state index < -0.39 is 0 Å². The van der Waals surface area contributed by atoms with E-state index in [1.54, 1.807) is 17.7 Å². The van der Waals surface area contributed by atoms with E-state index in [0.717, 1.165) is 68.8 Å². The molecule has 0 aliphatic carbocycles. The summed E-state index contributed by atoms with van der Waals surface area (Å²) in [6.45, 7) is 2.04. The fourth-order valence-electron chi connectivity index (χ4n) is 3.77. The van der Waals surface area contributed by atoms with Crippen LogP contribution >= 0.6 is 27.3 Å². The lowest BCUT2D eigenvalue weighted by Gasteiger charge is -2.30. The molecule has 1 aliphatic rings. The third-order valence-electron chi connectivity index (χ3n) is 5.14. The van der Waals surface area contributed by atoms with E-state index in [-0.39, 0.29) is 6.10 Å². The summed E-state index contributed by atoms with van der Waals surface area (Å²) < 4.78 is 8.54. The molecule has 148 valence electrons. The van der Waals surface area contributed by atoms with Gasteiger partial charge in [-0.2, -0.15) is 0 Å². The summed E-state index contributed by atoms with van der Waals surface area (Å²) in [5, 5.41) is 4.35. The maximum atomic E-state index is 6.46. The van der Waals surface area contributed by atoms with Crippen LogP contribution in [0, 0.1) is 0 Å². The zero-order chi connectivity index (χ0) is 19.8. The SMILES string of the molecule is CN1CCC[C@H](Oc2cc(Br)cc3ncnc(Nc4ccc5ncsc5c4)c23)C1. The van der Waals surface area contributed by atoms with E-state index >= 15 is 0 Å². The molecule has 2 aromatic carbocycles. The van der Waals surface area contributed by atoms with Gasteiger partial charge < -0.3 is 15.0 Å². The second kappa shape index (κ2) is 7.85. The minimum absolute atomic E-state index is 0.160. The summed E-state index contributed by atoms with van der Waals surface area (Å²) in [5.74, 6) is 1.54. The quantitative estimate of drug-likeness (QED) is 0.442. The van der Waals surface area contributed by atoms with E-state index in [9.17, 15) is 0 Å². The number of aromatic nitrogens is 3. The summed E-state index contributed by atoms with van der Waals surface area (Å²) in [6, 6.07) is 10.1. The molecule has 6 nitrogen and oxygen atoms in total. The van der Waals surface area contributed by atoms with E-state index in [1.165, 1.54) is 0 Å². The molecule has 1 atom stereocenters. The van der Waals surface area contributed by atoms with Gasteiger partial charge in [0.05, 0.1) is 26.6 Å². The molecule has 1 aliphatic heterocycles. The van der Waals surface area contributed by atoms with Gasteiger partial charge in [-0.1, -0.05) is 15.9 Å². The predicted molar refractivity (Wildman–Crippen MR) is 121 cm³/mol. The van der Waals surface area contributed by atoms with Gasteiger partial charge in [-0.05, 0) is 56.8 Å². The van der Waals surface area contributed by atoms with Gasteiger partial charge in [0.1, 0.15) is 24.0 Å². The van der Waals surface area contributed by atoms with Crippen LogP contribution < -0.4 is 10.1 Å². The largest absolute Gasteiger partial charge is 0.488 e. The van der Waals surface area contributed by atoms with Crippen LogP contribution in [0.2, 0.25) is 0 Å². The molecule has 1 fully saturated rings. The fraction of sp³-hybridized carbons (Fsp3) is 0.286. The van der Waals surface area contributed by atoms with Crippen molar-refractivity contribution in [1.29, 1.82) is 0 Å². The number of halogens is 1. The van der Waals surface area contributed by atoms with E-state index in [2.05, 4.69) is 54.2 Å². The first kappa shape index (κ1) is 18.7.